The molecular weight excluding hydrogens is 204 g/mol. The van der Waals surface area contributed by atoms with Gasteiger partial charge in [0.2, 0.25) is 0 Å². The molecule has 1 heterocycles. The van der Waals surface area contributed by atoms with Crippen LogP contribution in [-0.2, 0) is 0 Å². The van der Waals surface area contributed by atoms with Crippen LogP contribution in [0.1, 0.15) is 13.8 Å². The van der Waals surface area contributed by atoms with Gasteiger partial charge < -0.3 is 10.6 Å². The molecule has 2 aromatic rings. The Bertz CT molecular complexity index is 503. The van der Waals surface area contributed by atoms with Crippen molar-refractivity contribution in [2.75, 3.05) is 5.32 Å². The van der Waals surface area contributed by atoms with Crippen molar-refractivity contribution < 1.29 is 4.79 Å². The number of amides is 2. The van der Waals surface area contributed by atoms with Crippen LogP contribution in [0.25, 0.3) is 10.9 Å². The van der Waals surface area contributed by atoms with Gasteiger partial charge in [-0.15, -0.1) is 0 Å². The van der Waals surface area contributed by atoms with E-state index in [1.807, 2.05) is 32.0 Å². The number of benzene rings is 1. The van der Waals surface area contributed by atoms with Gasteiger partial charge in [-0.25, -0.2) is 4.79 Å². The molecule has 0 aliphatic carbocycles. The molecule has 2 amide bonds. The summed E-state index contributed by atoms with van der Waals surface area (Å²) in [7, 11) is 0. The fourth-order valence-corrected chi connectivity index (χ4v) is 1.44. The number of aromatic nitrogens is 2. The fourth-order valence-electron chi connectivity index (χ4n) is 1.44. The molecule has 0 aliphatic heterocycles. The van der Waals surface area contributed by atoms with Crippen LogP contribution in [0.4, 0.5) is 10.5 Å². The average Bonchev–Trinajstić information content (AvgIpc) is 2.63. The molecule has 0 aliphatic rings. The SMILES string of the molecule is CC(C)NC(=O)Nc1ccc2cn[nH]c2c1. The second-order valence-corrected chi connectivity index (χ2v) is 3.93. The van der Waals surface area contributed by atoms with Gasteiger partial charge in [-0.2, -0.15) is 5.10 Å². The number of nitrogens with zero attached hydrogens (tertiary/aromatic N) is 1. The topological polar surface area (TPSA) is 69.8 Å². The minimum atomic E-state index is -0.200. The van der Waals surface area contributed by atoms with Gasteiger partial charge in [0.1, 0.15) is 0 Å². The smallest absolute Gasteiger partial charge is 0.319 e. The second kappa shape index (κ2) is 4.22. The molecule has 3 N–H and O–H groups in total. The highest BCUT2D eigenvalue weighted by molar-refractivity contribution is 5.92. The summed E-state index contributed by atoms with van der Waals surface area (Å²) in [4.78, 5) is 11.4. The molecule has 84 valence electrons. The van der Waals surface area contributed by atoms with Crippen LogP contribution in [0.5, 0.6) is 0 Å². The van der Waals surface area contributed by atoms with Gasteiger partial charge in [0.15, 0.2) is 0 Å². The first kappa shape index (κ1) is 10.5. The van der Waals surface area contributed by atoms with E-state index in [-0.39, 0.29) is 12.1 Å². The number of urea groups is 1. The number of carbonyl (C=O) groups excluding carboxylic acids is 1. The molecule has 0 atom stereocenters. The summed E-state index contributed by atoms with van der Waals surface area (Å²) in [5, 5.41) is 13.3. The molecule has 0 saturated carbocycles. The summed E-state index contributed by atoms with van der Waals surface area (Å²) in [5.41, 5.74) is 1.65. The fraction of sp³-hybridized carbons (Fsp3) is 0.273. The molecule has 5 heteroatoms. The average molecular weight is 218 g/mol. The van der Waals surface area contributed by atoms with E-state index >= 15 is 0 Å². The van der Waals surface area contributed by atoms with Gasteiger partial charge >= 0.3 is 6.03 Å². The van der Waals surface area contributed by atoms with E-state index in [2.05, 4.69) is 20.8 Å². The number of nitrogens with one attached hydrogen (secondary N) is 3. The molecule has 1 aromatic heterocycles. The van der Waals surface area contributed by atoms with Gasteiger partial charge in [-0.05, 0) is 32.0 Å². The summed E-state index contributed by atoms with van der Waals surface area (Å²) in [6.07, 6.45) is 1.74. The van der Waals surface area contributed by atoms with Crippen LogP contribution in [0.3, 0.4) is 0 Å². The quantitative estimate of drug-likeness (QED) is 0.722. The summed E-state index contributed by atoms with van der Waals surface area (Å²) < 4.78 is 0. The van der Waals surface area contributed by atoms with Gasteiger partial charge in [0.05, 0.1) is 11.7 Å². The van der Waals surface area contributed by atoms with E-state index in [0.29, 0.717) is 0 Å². The monoisotopic (exact) mass is 218 g/mol. The first-order chi connectivity index (χ1) is 7.65. The van der Waals surface area contributed by atoms with Crippen LogP contribution in [0.15, 0.2) is 24.4 Å². The van der Waals surface area contributed by atoms with Crippen LogP contribution in [0, 0.1) is 0 Å². The van der Waals surface area contributed by atoms with Crippen molar-refractivity contribution in [2.45, 2.75) is 19.9 Å². The van der Waals surface area contributed by atoms with Crippen molar-refractivity contribution in [3.63, 3.8) is 0 Å². The molecule has 2 rings (SSSR count). The Morgan fingerprint density at radius 3 is 3.00 bits per heavy atom. The van der Waals surface area contributed by atoms with E-state index in [0.717, 1.165) is 16.6 Å². The lowest BCUT2D eigenvalue weighted by Crippen LogP contribution is -2.34. The standard InChI is InChI=1S/C11H14N4O/c1-7(2)13-11(16)14-9-4-3-8-6-12-15-10(8)5-9/h3-7H,1-2H3,(H,12,15)(H2,13,14,16). The highest BCUT2D eigenvalue weighted by Gasteiger charge is 2.04. The Kier molecular flexibility index (Phi) is 2.76. The van der Waals surface area contributed by atoms with Crippen LogP contribution in [0.2, 0.25) is 0 Å². The summed E-state index contributed by atoms with van der Waals surface area (Å²) in [6.45, 7) is 3.83. The summed E-state index contributed by atoms with van der Waals surface area (Å²) in [5.74, 6) is 0. The molecular formula is C11H14N4O. The highest BCUT2D eigenvalue weighted by atomic mass is 16.2. The zero-order valence-electron chi connectivity index (χ0n) is 9.24. The predicted molar refractivity (Wildman–Crippen MR) is 63.4 cm³/mol. The largest absolute Gasteiger partial charge is 0.336 e. The Hall–Kier alpha value is -2.04. The van der Waals surface area contributed by atoms with E-state index in [9.17, 15) is 4.79 Å². The molecule has 0 saturated heterocycles. The van der Waals surface area contributed by atoms with Crippen LogP contribution < -0.4 is 10.6 Å². The maximum atomic E-state index is 11.4. The molecule has 0 fully saturated rings. The van der Waals surface area contributed by atoms with Crippen molar-refractivity contribution in [1.29, 1.82) is 0 Å². The van der Waals surface area contributed by atoms with Crippen LogP contribution in [-0.4, -0.2) is 22.3 Å². The maximum Gasteiger partial charge on any atom is 0.319 e. The number of fused-ring (bicyclic) bond motifs is 1. The van der Waals surface area contributed by atoms with E-state index in [1.54, 1.807) is 6.20 Å². The van der Waals surface area contributed by atoms with Crippen molar-refractivity contribution in [3.05, 3.63) is 24.4 Å². The lowest BCUT2D eigenvalue weighted by Gasteiger charge is -2.09. The molecule has 5 nitrogen and oxygen atoms in total. The Labute approximate surface area is 93.2 Å². The number of H-pyrrole nitrogens is 1. The van der Waals surface area contributed by atoms with E-state index in [1.165, 1.54) is 0 Å². The normalized spacial score (nSPS) is 10.7. The lowest BCUT2D eigenvalue weighted by molar-refractivity contribution is 0.250. The van der Waals surface area contributed by atoms with Crippen molar-refractivity contribution in [3.8, 4) is 0 Å². The van der Waals surface area contributed by atoms with Crippen molar-refractivity contribution in [2.24, 2.45) is 0 Å². The van der Waals surface area contributed by atoms with Gasteiger partial charge in [-0.1, -0.05) is 0 Å². The minimum absolute atomic E-state index is 0.121. The molecule has 1 aromatic carbocycles. The zero-order valence-corrected chi connectivity index (χ0v) is 9.24. The summed E-state index contributed by atoms with van der Waals surface area (Å²) >= 11 is 0. The molecule has 0 bridgehead atoms. The maximum absolute atomic E-state index is 11.4. The third-order valence-corrected chi connectivity index (χ3v) is 2.12. The number of anilines is 1. The number of aromatic amines is 1. The zero-order chi connectivity index (χ0) is 11.5. The summed E-state index contributed by atoms with van der Waals surface area (Å²) in [6, 6.07) is 5.52. The third-order valence-electron chi connectivity index (χ3n) is 2.12. The first-order valence-corrected chi connectivity index (χ1v) is 5.16. The number of hydrogen-bond donors (Lipinski definition) is 3. The van der Waals surface area contributed by atoms with E-state index < -0.39 is 0 Å². The van der Waals surface area contributed by atoms with E-state index in [4.69, 9.17) is 0 Å². The highest BCUT2D eigenvalue weighted by Crippen LogP contribution is 2.16. The lowest BCUT2D eigenvalue weighted by atomic mass is 10.2. The second-order valence-electron chi connectivity index (χ2n) is 3.93. The van der Waals surface area contributed by atoms with Gasteiger partial charge in [-0.3, -0.25) is 5.10 Å². The van der Waals surface area contributed by atoms with Gasteiger partial charge in [0, 0.05) is 17.1 Å². The van der Waals surface area contributed by atoms with Crippen molar-refractivity contribution >= 4 is 22.6 Å². The molecule has 0 radical (unpaired) electrons. The number of carbonyl (C=O) groups is 1. The minimum Gasteiger partial charge on any atom is -0.336 e. The number of rotatable bonds is 2. The number of hydrogen-bond acceptors (Lipinski definition) is 2. The molecule has 16 heavy (non-hydrogen) atoms. The van der Waals surface area contributed by atoms with Crippen LogP contribution >= 0.6 is 0 Å². The van der Waals surface area contributed by atoms with Gasteiger partial charge in [0.25, 0.3) is 0 Å². The Morgan fingerprint density at radius 1 is 1.44 bits per heavy atom. The van der Waals surface area contributed by atoms with Crippen molar-refractivity contribution in [1.82, 2.24) is 15.5 Å². The predicted octanol–water partition coefficient (Wildman–Crippen LogP) is 2.09. The molecule has 0 unspecified atom stereocenters. The Morgan fingerprint density at radius 2 is 2.25 bits per heavy atom. The first-order valence-electron chi connectivity index (χ1n) is 5.16. The third kappa shape index (κ3) is 2.31. The Balaban J connectivity index is 2.11. The molecule has 0 spiro atoms.